The summed E-state index contributed by atoms with van der Waals surface area (Å²) in [6.45, 7) is 13.3. The van der Waals surface area contributed by atoms with E-state index in [1.165, 1.54) is 11.0 Å². The van der Waals surface area contributed by atoms with Gasteiger partial charge in [-0.25, -0.2) is 9.18 Å². The third-order valence-electron chi connectivity index (χ3n) is 5.02. The Balaban J connectivity index is 2.09. The van der Waals surface area contributed by atoms with Gasteiger partial charge in [0.25, 0.3) is 0 Å². The number of hydrogen-bond donors (Lipinski definition) is 0. The van der Waals surface area contributed by atoms with E-state index in [0.29, 0.717) is 17.5 Å². The van der Waals surface area contributed by atoms with E-state index < -0.39 is 29.8 Å². The van der Waals surface area contributed by atoms with Gasteiger partial charge in [0.1, 0.15) is 11.4 Å². The number of carbonyl (C=O) groups is 1. The quantitative estimate of drug-likeness (QED) is 0.754. The highest BCUT2D eigenvalue weighted by molar-refractivity contribution is 6.67. The normalized spacial score (nSPS) is 18.9. The van der Waals surface area contributed by atoms with Crippen molar-refractivity contribution >= 4 is 18.5 Å². The van der Waals surface area contributed by atoms with Crippen LogP contribution in [0.4, 0.5) is 9.18 Å². The first-order valence-electron chi connectivity index (χ1n) is 9.26. The van der Waals surface area contributed by atoms with Gasteiger partial charge in [0.15, 0.2) is 0 Å². The molecule has 0 spiro atoms. The van der Waals surface area contributed by atoms with Crippen LogP contribution in [0.25, 0.3) is 0 Å². The third-order valence-corrected chi connectivity index (χ3v) is 5.02. The minimum Gasteiger partial charge on any atom is -0.444 e. The lowest BCUT2D eigenvalue weighted by atomic mass is 9.59. The molecule has 150 valence electrons. The van der Waals surface area contributed by atoms with Gasteiger partial charge >= 0.3 is 13.0 Å². The lowest BCUT2D eigenvalue weighted by Gasteiger charge is -2.47. The second-order valence-corrected chi connectivity index (χ2v) is 9.13. The van der Waals surface area contributed by atoms with E-state index in [0.717, 1.165) is 0 Å². The lowest BCUT2D eigenvalue weighted by molar-refractivity contribution is -0.152. The Bertz CT molecular complexity index is 700. The number of ether oxygens (including phenoxy) is 2. The molecule has 1 aliphatic heterocycles. The molecule has 1 amide bonds. The molecule has 0 saturated carbocycles. The smallest absolute Gasteiger partial charge is 0.410 e. The van der Waals surface area contributed by atoms with Crippen LogP contribution in [0.3, 0.4) is 0 Å². The van der Waals surface area contributed by atoms with Crippen molar-refractivity contribution in [2.24, 2.45) is 0 Å². The Kier molecular flexibility index (Phi) is 5.98. The number of hydrogen-bond acceptors (Lipinski definition) is 4. The SMILES string of the molecule is CN(Cc1ccc(B2COC(C)(C)C(C)(C)O2)c(F)c1)C(=O)OC(C)(C)C. The zero-order valence-electron chi connectivity index (χ0n) is 17.7. The summed E-state index contributed by atoms with van der Waals surface area (Å²) in [7, 11) is 1.63. The standard InChI is InChI=1S/C20H31BFNO4/c1-18(2,3)26-17(24)23(8)12-14-9-10-15(16(22)11-14)21-13-25-19(4,5)20(6,7)27-21/h9-11H,12-13H2,1-8H3. The van der Waals surface area contributed by atoms with Crippen LogP contribution in [0, 0.1) is 5.82 Å². The summed E-state index contributed by atoms with van der Waals surface area (Å²) in [6, 6.07) is 4.94. The molecule has 1 aromatic rings. The first kappa shape index (κ1) is 21.7. The Morgan fingerprint density at radius 2 is 1.89 bits per heavy atom. The molecule has 0 aliphatic carbocycles. The molecule has 7 heteroatoms. The van der Waals surface area contributed by atoms with Crippen molar-refractivity contribution in [1.29, 1.82) is 0 Å². The van der Waals surface area contributed by atoms with Gasteiger partial charge < -0.3 is 19.0 Å². The highest BCUT2D eigenvalue weighted by Gasteiger charge is 2.47. The van der Waals surface area contributed by atoms with Crippen molar-refractivity contribution in [1.82, 2.24) is 4.90 Å². The molecular weight excluding hydrogens is 348 g/mol. The lowest BCUT2D eigenvalue weighted by Crippen LogP contribution is -2.62. The molecule has 1 aliphatic rings. The largest absolute Gasteiger partial charge is 0.444 e. The highest BCUT2D eigenvalue weighted by atomic mass is 19.1. The zero-order valence-corrected chi connectivity index (χ0v) is 17.7. The number of amides is 1. The molecule has 0 atom stereocenters. The molecule has 0 N–H and O–H groups in total. The van der Waals surface area contributed by atoms with Gasteiger partial charge in [0.2, 0.25) is 0 Å². The van der Waals surface area contributed by atoms with Crippen LogP contribution in [0.2, 0.25) is 0 Å². The average Bonchev–Trinajstić information content (AvgIpc) is 2.48. The fourth-order valence-electron chi connectivity index (χ4n) is 2.75. The number of benzene rings is 1. The Labute approximate surface area is 162 Å². The van der Waals surface area contributed by atoms with Crippen molar-refractivity contribution in [3.63, 3.8) is 0 Å². The number of halogens is 1. The van der Waals surface area contributed by atoms with Gasteiger partial charge in [-0.2, -0.15) is 0 Å². The fourth-order valence-corrected chi connectivity index (χ4v) is 2.75. The molecule has 1 aromatic carbocycles. The summed E-state index contributed by atoms with van der Waals surface area (Å²) >= 11 is 0. The van der Waals surface area contributed by atoms with E-state index in [4.69, 9.17) is 14.1 Å². The second kappa shape index (κ2) is 7.43. The van der Waals surface area contributed by atoms with E-state index in [2.05, 4.69) is 0 Å². The fraction of sp³-hybridized carbons (Fsp3) is 0.650. The van der Waals surface area contributed by atoms with Crippen LogP contribution in [0.5, 0.6) is 0 Å². The number of carbonyl (C=O) groups excluding carboxylic acids is 1. The molecule has 2 rings (SSSR count). The molecule has 5 nitrogen and oxygen atoms in total. The van der Waals surface area contributed by atoms with Crippen molar-refractivity contribution in [2.75, 3.05) is 13.6 Å². The van der Waals surface area contributed by atoms with Gasteiger partial charge in [-0.15, -0.1) is 0 Å². The Hall–Kier alpha value is -1.60. The monoisotopic (exact) mass is 379 g/mol. The molecular formula is C20H31BFNO4. The molecule has 27 heavy (non-hydrogen) atoms. The number of nitrogens with zero attached hydrogens (tertiary/aromatic N) is 1. The van der Waals surface area contributed by atoms with Crippen LogP contribution < -0.4 is 5.46 Å². The maximum absolute atomic E-state index is 14.7. The third kappa shape index (κ3) is 5.23. The van der Waals surface area contributed by atoms with Crippen LogP contribution in [0.1, 0.15) is 54.0 Å². The number of rotatable bonds is 3. The molecule has 0 unspecified atom stereocenters. The van der Waals surface area contributed by atoms with Crippen molar-refractivity contribution in [3.8, 4) is 0 Å². The van der Waals surface area contributed by atoms with Crippen LogP contribution >= 0.6 is 0 Å². The molecule has 1 saturated heterocycles. The van der Waals surface area contributed by atoms with E-state index in [9.17, 15) is 9.18 Å². The average molecular weight is 379 g/mol. The molecule has 1 heterocycles. The predicted molar refractivity (Wildman–Crippen MR) is 105 cm³/mol. The van der Waals surface area contributed by atoms with Gasteiger partial charge in [-0.3, -0.25) is 0 Å². The van der Waals surface area contributed by atoms with Crippen molar-refractivity contribution in [3.05, 3.63) is 29.6 Å². The summed E-state index contributed by atoms with van der Waals surface area (Å²) in [5.41, 5.74) is -0.420. The van der Waals surface area contributed by atoms with E-state index in [-0.39, 0.29) is 12.4 Å². The van der Waals surface area contributed by atoms with Gasteiger partial charge in [-0.1, -0.05) is 12.1 Å². The van der Waals surface area contributed by atoms with E-state index >= 15 is 0 Å². The van der Waals surface area contributed by atoms with Crippen LogP contribution in [0.15, 0.2) is 18.2 Å². The van der Waals surface area contributed by atoms with Crippen molar-refractivity contribution < 1.29 is 23.3 Å². The topological polar surface area (TPSA) is 48.0 Å². The minimum atomic E-state index is -0.570. The van der Waals surface area contributed by atoms with Gasteiger partial charge in [0, 0.05) is 13.6 Å². The summed E-state index contributed by atoms with van der Waals surface area (Å²) in [5, 5.41) is 0. The van der Waals surface area contributed by atoms with Crippen LogP contribution in [-0.2, 0) is 20.7 Å². The summed E-state index contributed by atoms with van der Waals surface area (Å²) < 4.78 is 32.1. The van der Waals surface area contributed by atoms with E-state index in [1.54, 1.807) is 19.2 Å². The first-order chi connectivity index (χ1) is 12.2. The maximum Gasteiger partial charge on any atom is 0.410 e. The first-order valence-corrected chi connectivity index (χ1v) is 9.26. The maximum atomic E-state index is 14.7. The Morgan fingerprint density at radius 1 is 1.26 bits per heavy atom. The van der Waals surface area contributed by atoms with Gasteiger partial charge in [-0.05, 0) is 65.6 Å². The Morgan fingerprint density at radius 3 is 2.41 bits per heavy atom. The van der Waals surface area contributed by atoms with Crippen LogP contribution in [-0.4, -0.2) is 48.3 Å². The van der Waals surface area contributed by atoms with E-state index in [1.807, 2.05) is 48.5 Å². The summed E-state index contributed by atoms with van der Waals surface area (Å²) in [5.74, 6) is -0.366. The van der Waals surface area contributed by atoms with Gasteiger partial charge in [0.05, 0.1) is 17.7 Å². The molecule has 0 bridgehead atoms. The van der Waals surface area contributed by atoms with Crippen molar-refractivity contribution in [2.45, 2.75) is 71.8 Å². The summed E-state index contributed by atoms with van der Waals surface area (Å²) in [4.78, 5) is 13.5. The minimum absolute atomic E-state index is 0.257. The second-order valence-electron chi connectivity index (χ2n) is 9.13. The predicted octanol–water partition coefficient (Wildman–Crippen LogP) is 3.53. The summed E-state index contributed by atoms with van der Waals surface area (Å²) in [6.07, 6.45) is -0.444. The molecule has 0 aromatic heterocycles. The molecule has 0 radical (unpaired) electrons. The zero-order chi connectivity index (χ0) is 20.6. The molecule has 1 fully saturated rings. The highest BCUT2D eigenvalue weighted by Crippen LogP contribution is 2.33.